The molecule has 1 amide bonds. The molecule has 0 spiro atoms. The fraction of sp³-hybridized carbons (Fsp3) is 0.917. The molecule has 0 heterocycles. The number of nitrogens with zero attached hydrogens (tertiary/aromatic N) is 1. The van der Waals surface area contributed by atoms with Gasteiger partial charge in [-0.25, -0.2) is 0 Å². The van der Waals surface area contributed by atoms with E-state index in [0.717, 1.165) is 38.5 Å². The molecule has 4 heteroatoms. The van der Waals surface area contributed by atoms with E-state index in [1.807, 2.05) is 4.90 Å². The van der Waals surface area contributed by atoms with Crippen molar-refractivity contribution in [1.82, 2.24) is 4.90 Å². The van der Waals surface area contributed by atoms with Crippen LogP contribution in [0.15, 0.2) is 0 Å². The molecule has 0 bridgehead atoms. The molecule has 0 radical (unpaired) electrons. The minimum atomic E-state index is 0.000833. The number of amides is 1. The second-order valence-electron chi connectivity index (χ2n) is 5.04. The summed E-state index contributed by atoms with van der Waals surface area (Å²) in [5, 5.41) is 9.00. The Hall–Kier alpha value is -0.610. The molecular weight excluding hydrogens is 204 g/mol. The maximum absolute atomic E-state index is 12.3. The molecule has 4 nitrogen and oxygen atoms in total. The third-order valence-corrected chi connectivity index (χ3v) is 3.75. The monoisotopic (exact) mass is 226 g/mol. The molecule has 2 fully saturated rings. The zero-order valence-electron chi connectivity index (χ0n) is 9.77. The molecule has 3 N–H and O–H groups in total. The van der Waals surface area contributed by atoms with E-state index in [0.29, 0.717) is 12.6 Å². The highest BCUT2D eigenvalue weighted by atomic mass is 16.3. The van der Waals surface area contributed by atoms with Gasteiger partial charge in [-0.05, 0) is 25.7 Å². The molecule has 0 aromatic heterocycles. The topological polar surface area (TPSA) is 66.6 Å². The molecule has 2 aliphatic rings. The van der Waals surface area contributed by atoms with Crippen LogP contribution in [0.1, 0.15) is 38.5 Å². The molecule has 2 aliphatic carbocycles. The lowest BCUT2D eigenvalue weighted by atomic mass is 9.84. The Morgan fingerprint density at radius 3 is 2.50 bits per heavy atom. The van der Waals surface area contributed by atoms with Gasteiger partial charge in [0.2, 0.25) is 5.91 Å². The highest BCUT2D eigenvalue weighted by molar-refractivity contribution is 5.80. The Balaban J connectivity index is 1.97. The van der Waals surface area contributed by atoms with Gasteiger partial charge in [-0.1, -0.05) is 12.8 Å². The zero-order chi connectivity index (χ0) is 11.5. The number of carbonyl (C=O) groups is 1. The van der Waals surface area contributed by atoms with Crippen LogP contribution in [0.2, 0.25) is 0 Å². The average Bonchev–Trinajstić information content (AvgIpc) is 3.09. The minimum absolute atomic E-state index is 0.000833. The summed E-state index contributed by atoms with van der Waals surface area (Å²) >= 11 is 0. The van der Waals surface area contributed by atoms with Crippen molar-refractivity contribution in [2.24, 2.45) is 11.7 Å². The summed E-state index contributed by atoms with van der Waals surface area (Å²) in [6.45, 7) is 0.539. The number of rotatable bonds is 4. The number of nitrogens with two attached hydrogens (primary N) is 1. The van der Waals surface area contributed by atoms with Crippen molar-refractivity contribution in [3.05, 3.63) is 0 Å². The first kappa shape index (κ1) is 11.9. The van der Waals surface area contributed by atoms with Gasteiger partial charge >= 0.3 is 0 Å². The molecule has 2 rings (SSSR count). The SMILES string of the molecule is NC1CCCCC1C(=O)N(CCO)C1CC1. The maximum Gasteiger partial charge on any atom is 0.227 e. The number of hydrogen-bond donors (Lipinski definition) is 2. The molecular formula is C12H22N2O2. The summed E-state index contributed by atoms with van der Waals surface area (Å²) < 4.78 is 0. The van der Waals surface area contributed by atoms with E-state index in [9.17, 15) is 4.79 Å². The van der Waals surface area contributed by atoms with Crippen LogP contribution in [-0.4, -0.2) is 41.1 Å². The van der Waals surface area contributed by atoms with Gasteiger partial charge < -0.3 is 15.7 Å². The van der Waals surface area contributed by atoms with Crippen molar-refractivity contribution in [2.75, 3.05) is 13.2 Å². The molecule has 16 heavy (non-hydrogen) atoms. The third-order valence-electron chi connectivity index (χ3n) is 3.75. The van der Waals surface area contributed by atoms with Crippen molar-refractivity contribution in [2.45, 2.75) is 50.6 Å². The van der Waals surface area contributed by atoms with Gasteiger partial charge in [0.25, 0.3) is 0 Å². The lowest BCUT2D eigenvalue weighted by molar-refractivity contribution is -0.138. The van der Waals surface area contributed by atoms with E-state index < -0.39 is 0 Å². The highest BCUT2D eigenvalue weighted by Crippen LogP contribution is 2.31. The van der Waals surface area contributed by atoms with Gasteiger partial charge in [0.15, 0.2) is 0 Å². The van der Waals surface area contributed by atoms with E-state index in [1.54, 1.807) is 0 Å². The third kappa shape index (κ3) is 2.55. The van der Waals surface area contributed by atoms with Gasteiger partial charge in [-0.15, -0.1) is 0 Å². The molecule has 2 unspecified atom stereocenters. The summed E-state index contributed by atoms with van der Waals surface area (Å²) in [7, 11) is 0. The molecule has 92 valence electrons. The predicted octanol–water partition coefficient (Wildman–Crippen LogP) is 0.487. The van der Waals surface area contributed by atoms with Crippen LogP contribution in [0.4, 0.5) is 0 Å². The van der Waals surface area contributed by atoms with Crippen LogP contribution in [0, 0.1) is 5.92 Å². The number of aliphatic hydroxyl groups excluding tert-OH is 1. The van der Waals surface area contributed by atoms with E-state index in [2.05, 4.69) is 0 Å². The van der Waals surface area contributed by atoms with Crippen molar-refractivity contribution in [3.63, 3.8) is 0 Å². The smallest absolute Gasteiger partial charge is 0.227 e. The van der Waals surface area contributed by atoms with E-state index in [4.69, 9.17) is 10.8 Å². The molecule has 0 aliphatic heterocycles. The van der Waals surface area contributed by atoms with E-state index in [-0.39, 0.29) is 24.5 Å². The van der Waals surface area contributed by atoms with Crippen LogP contribution in [0.3, 0.4) is 0 Å². The van der Waals surface area contributed by atoms with Crippen molar-refractivity contribution in [1.29, 1.82) is 0 Å². The van der Waals surface area contributed by atoms with Gasteiger partial charge in [0.1, 0.15) is 0 Å². The first-order chi connectivity index (χ1) is 7.74. The van der Waals surface area contributed by atoms with Crippen LogP contribution in [0.25, 0.3) is 0 Å². The average molecular weight is 226 g/mol. The summed E-state index contributed by atoms with van der Waals surface area (Å²) in [5.74, 6) is 0.185. The van der Waals surface area contributed by atoms with E-state index in [1.165, 1.54) is 0 Å². The lowest BCUT2D eigenvalue weighted by Gasteiger charge is -2.32. The number of aliphatic hydroxyl groups is 1. The summed E-state index contributed by atoms with van der Waals surface area (Å²) in [5.41, 5.74) is 6.02. The minimum Gasteiger partial charge on any atom is -0.395 e. The Bertz CT molecular complexity index is 247. The van der Waals surface area contributed by atoms with Gasteiger partial charge in [-0.3, -0.25) is 4.79 Å². The highest BCUT2D eigenvalue weighted by Gasteiger charge is 2.38. The fourth-order valence-electron chi connectivity index (χ4n) is 2.65. The predicted molar refractivity (Wildman–Crippen MR) is 61.8 cm³/mol. The van der Waals surface area contributed by atoms with Gasteiger partial charge in [0, 0.05) is 18.6 Å². The lowest BCUT2D eigenvalue weighted by Crippen LogP contribution is -2.47. The zero-order valence-corrected chi connectivity index (χ0v) is 9.77. The number of hydrogen-bond acceptors (Lipinski definition) is 3. The summed E-state index contributed by atoms with van der Waals surface area (Å²) in [6, 6.07) is 0.412. The standard InChI is InChI=1S/C12H22N2O2/c13-11-4-2-1-3-10(11)12(16)14(7-8-15)9-5-6-9/h9-11,15H,1-8,13H2. The Kier molecular flexibility index (Phi) is 3.82. The Morgan fingerprint density at radius 1 is 1.25 bits per heavy atom. The second-order valence-corrected chi connectivity index (χ2v) is 5.04. The quantitative estimate of drug-likeness (QED) is 0.733. The largest absolute Gasteiger partial charge is 0.395 e. The van der Waals surface area contributed by atoms with Crippen LogP contribution < -0.4 is 5.73 Å². The molecule has 0 aromatic carbocycles. The normalized spacial score (nSPS) is 30.1. The maximum atomic E-state index is 12.3. The summed E-state index contributed by atoms with van der Waals surface area (Å²) in [4.78, 5) is 14.2. The first-order valence-corrected chi connectivity index (χ1v) is 6.41. The molecule has 0 saturated heterocycles. The first-order valence-electron chi connectivity index (χ1n) is 6.41. The van der Waals surface area contributed by atoms with Gasteiger partial charge in [0.05, 0.1) is 12.5 Å². The van der Waals surface area contributed by atoms with Crippen molar-refractivity contribution < 1.29 is 9.90 Å². The van der Waals surface area contributed by atoms with Crippen LogP contribution in [-0.2, 0) is 4.79 Å². The van der Waals surface area contributed by atoms with Gasteiger partial charge in [-0.2, -0.15) is 0 Å². The second kappa shape index (κ2) is 5.15. The van der Waals surface area contributed by atoms with Crippen molar-refractivity contribution >= 4 is 5.91 Å². The fourth-order valence-corrected chi connectivity index (χ4v) is 2.65. The summed E-state index contributed by atoms with van der Waals surface area (Å²) in [6.07, 6.45) is 6.33. The van der Waals surface area contributed by atoms with Crippen LogP contribution in [0.5, 0.6) is 0 Å². The van der Waals surface area contributed by atoms with Crippen LogP contribution >= 0.6 is 0 Å². The van der Waals surface area contributed by atoms with E-state index >= 15 is 0 Å². The Morgan fingerprint density at radius 2 is 1.94 bits per heavy atom. The molecule has 2 atom stereocenters. The Labute approximate surface area is 96.8 Å². The number of carbonyl (C=O) groups excluding carboxylic acids is 1. The van der Waals surface area contributed by atoms with Crippen molar-refractivity contribution in [3.8, 4) is 0 Å². The molecule has 0 aromatic rings. The molecule has 2 saturated carbocycles.